The average Bonchev–Trinajstić information content (AvgIpc) is 3.08. The van der Waals surface area contributed by atoms with Crippen LogP contribution in [0, 0.1) is 23.2 Å². The van der Waals surface area contributed by atoms with Crippen molar-refractivity contribution in [2.24, 2.45) is 0 Å². The van der Waals surface area contributed by atoms with Gasteiger partial charge < -0.3 is 0 Å². The average molecular weight is 216 g/mol. The van der Waals surface area contributed by atoms with E-state index in [1.807, 2.05) is 24.3 Å². The Morgan fingerprint density at radius 2 is 1.93 bits per heavy atom. The second kappa shape index (κ2) is 3.97. The van der Waals surface area contributed by atoms with Gasteiger partial charge in [0.2, 0.25) is 0 Å². The van der Waals surface area contributed by atoms with Gasteiger partial charge in [-0.1, -0.05) is 24.0 Å². The van der Waals surface area contributed by atoms with E-state index in [-0.39, 0.29) is 5.41 Å². The summed E-state index contributed by atoms with van der Waals surface area (Å²) in [5.74, 6) is 6.10. The number of hydrogen-bond donors (Lipinski definition) is 0. The Morgan fingerprint density at radius 3 is 2.40 bits per heavy atom. The van der Waals surface area contributed by atoms with Gasteiger partial charge in [0.05, 0.1) is 17.4 Å². The number of nitrogens with zero attached hydrogens (tertiary/aromatic N) is 1. The first-order valence-electron chi connectivity index (χ1n) is 4.87. The van der Waals surface area contributed by atoms with Gasteiger partial charge >= 0.3 is 0 Å². The minimum atomic E-state index is -0.196. The van der Waals surface area contributed by atoms with E-state index >= 15 is 0 Å². The standard InChI is InChI=1S/C13H10ClN/c14-9-1-2-11-3-5-12(6-4-11)13(10-15)7-8-13/h3-6H,7-9H2. The molecule has 15 heavy (non-hydrogen) atoms. The maximum absolute atomic E-state index is 9.03. The molecule has 0 amide bonds. The Bertz CT molecular complexity index is 452. The third-order valence-electron chi connectivity index (χ3n) is 2.70. The highest BCUT2D eigenvalue weighted by molar-refractivity contribution is 6.19. The molecule has 1 fully saturated rings. The topological polar surface area (TPSA) is 23.8 Å². The molecule has 0 radical (unpaired) electrons. The molecule has 1 aromatic carbocycles. The van der Waals surface area contributed by atoms with Crippen molar-refractivity contribution in [2.45, 2.75) is 18.3 Å². The SMILES string of the molecule is N#CC1(c2ccc(C#CCCl)cc2)CC1. The zero-order valence-electron chi connectivity index (χ0n) is 8.26. The van der Waals surface area contributed by atoms with Gasteiger partial charge in [-0.2, -0.15) is 5.26 Å². The Kier molecular flexibility index (Phi) is 2.67. The van der Waals surface area contributed by atoms with Gasteiger partial charge in [0.1, 0.15) is 0 Å². The molecule has 2 rings (SSSR count). The summed E-state index contributed by atoms with van der Waals surface area (Å²) in [4.78, 5) is 0. The highest BCUT2D eigenvalue weighted by atomic mass is 35.5. The summed E-state index contributed by atoms with van der Waals surface area (Å²) in [6.07, 6.45) is 1.96. The fraction of sp³-hybridized carbons (Fsp3) is 0.308. The van der Waals surface area contributed by atoms with Crippen LogP contribution in [0.5, 0.6) is 0 Å². The molecule has 1 aromatic rings. The molecular weight excluding hydrogens is 206 g/mol. The molecule has 0 spiro atoms. The molecule has 74 valence electrons. The maximum atomic E-state index is 9.03. The molecule has 0 unspecified atom stereocenters. The van der Waals surface area contributed by atoms with Crippen molar-refractivity contribution >= 4 is 11.6 Å². The Hall–Kier alpha value is -1.44. The van der Waals surface area contributed by atoms with Crippen molar-refractivity contribution in [2.75, 3.05) is 5.88 Å². The van der Waals surface area contributed by atoms with Crippen molar-refractivity contribution in [3.05, 3.63) is 35.4 Å². The van der Waals surface area contributed by atoms with Gasteiger partial charge in [-0.25, -0.2) is 0 Å². The molecule has 1 aliphatic carbocycles. The number of hydrogen-bond acceptors (Lipinski definition) is 1. The summed E-state index contributed by atoms with van der Waals surface area (Å²) < 4.78 is 0. The third kappa shape index (κ3) is 1.99. The second-order valence-corrected chi connectivity index (χ2v) is 3.97. The highest BCUT2D eigenvalue weighted by Gasteiger charge is 2.44. The van der Waals surface area contributed by atoms with E-state index in [1.54, 1.807) is 0 Å². The summed E-state index contributed by atoms with van der Waals surface area (Å²) in [6, 6.07) is 10.3. The van der Waals surface area contributed by atoms with Crippen molar-refractivity contribution in [3.8, 4) is 17.9 Å². The van der Waals surface area contributed by atoms with E-state index in [2.05, 4.69) is 17.9 Å². The largest absolute Gasteiger partial charge is 0.197 e. The van der Waals surface area contributed by atoms with Crippen molar-refractivity contribution < 1.29 is 0 Å². The maximum Gasteiger partial charge on any atom is 0.0839 e. The molecule has 0 atom stereocenters. The fourth-order valence-electron chi connectivity index (χ4n) is 1.60. The zero-order valence-corrected chi connectivity index (χ0v) is 9.01. The van der Waals surface area contributed by atoms with E-state index in [0.29, 0.717) is 5.88 Å². The van der Waals surface area contributed by atoms with Crippen LogP contribution in [0.4, 0.5) is 0 Å². The van der Waals surface area contributed by atoms with Crippen molar-refractivity contribution in [3.63, 3.8) is 0 Å². The van der Waals surface area contributed by atoms with Gasteiger partial charge in [0.25, 0.3) is 0 Å². The lowest BCUT2D eigenvalue weighted by atomic mass is 9.97. The van der Waals surface area contributed by atoms with Crippen LogP contribution in [-0.4, -0.2) is 5.88 Å². The van der Waals surface area contributed by atoms with E-state index in [0.717, 1.165) is 24.0 Å². The van der Waals surface area contributed by atoms with E-state index in [4.69, 9.17) is 16.9 Å². The first-order valence-corrected chi connectivity index (χ1v) is 5.41. The van der Waals surface area contributed by atoms with Crippen LogP contribution >= 0.6 is 11.6 Å². The number of rotatable bonds is 1. The number of benzene rings is 1. The fourth-order valence-corrected chi connectivity index (χ4v) is 1.66. The van der Waals surface area contributed by atoms with E-state index < -0.39 is 0 Å². The third-order valence-corrected chi connectivity index (χ3v) is 2.83. The first kappa shape index (κ1) is 10.1. The van der Waals surface area contributed by atoms with Crippen molar-refractivity contribution in [1.29, 1.82) is 5.26 Å². The van der Waals surface area contributed by atoms with Crippen LogP contribution in [0.1, 0.15) is 24.0 Å². The predicted octanol–water partition coefficient (Wildman–Crippen LogP) is 2.83. The Balaban J connectivity index is 2.22. The zero-order chi connectivity index (χ0) is 10.7. The summed E-state index contributed by atoms with van der Waals surface area (Å²) in [7, 11) is 0. The number of nitriles is 1. The normalized spacial score (nSPS) is 16.0. The van der Waals surface area contributed by atoms with Crippen LogP contribution < -0.4 is 0 Å². The van der Waals surface area contributed by atoms with Crippen LogP contribution in [0.3, 0.4) is 0 Å². The number of alkyl halides is 1. The highest BCUT2D eigenvalue weighted by Crippen LogP contribution is 2.47. The molecule has 1 nitrogen and oxygen atoms in total. The smallest absolute Gasteiger partial charge is 0.0839 e. The summed E-state index contributed by atoms with van der Waals surface area (Å²) in [5, 5.41) is 9.03. The lowest BCUT2D eigenvalue weighted by molar-refractivity contribution is 0.908. The second-order valence-electron chi connectivity index (χ2n) is 3.71. The van der Waals surface area contributed by atoms with Crippen LogP contribution in [-0.2, 0) is 5.41 Å². The van der Waals surface area contributed by atoms with E-state index in [1.165, 1.54) is 0 Å². The molecule has 0 saturated heterocycles. The summed E-state index contributed by atoms with van der Waals surface area (Å²) in [5.41, 5.74) is 1.87. The quantitative estimate of drug-likeness (QED) is 0.522. The lowest BCUT2D eigenvalue weighted by Gasteiger charge is -2.04. The summed E-state index contributed by atoms with van der Waals surface area (Å²) in [6.45, 7) is 0. The van der Waals surface area contributed by atoms with Crippen LogP contribution in [0.15, 0.2) is 24.3 Å². The Labute approximate surface area is 94.7 Å². The summed E-state index contributed by atoms with van der Waals surface area (Å²) >= 11 is 5.47. The van der Waals surface area contributed by atoms with Gasteiger partial charge in [-0.3, -0.25) is 0 Å². The van der Waals surface area contributed by atoms with Gasteiger partial charge in [-0.15, -0.1) is 11.6 Å². The predicted molar refractivity (Wildman–Crippen MR) is 60.6 cm³/mol. The minimum Gasteiger partial charge on any atom is -0.197 e. The van der Waals surface area contributed by atoms with Gasteiger partial charge in [0.15, 0.2) is 0 Å². The van der Waals surface area contributed by atoms with Gasteiger partial charge in [0, 0.05) is 5.56 Å². The molecule has 2 heteroatoms. The minimum absolute atomic E-state index is 0.196. The molecule has 0 bridgehead atoms. The molecule has 0 N–H and O–H groups in total. The Morgan fingerprint density at radius 1 is 1.27 bits per heavy atom. The molecule has 1 saturated carbocycles. The van der Waals surface area contributed by atoms with E-state index in [9.17, 15) is 0 Å². The van der Waals surface area contributed by atoms with Crippen LogP contribution in [0.25, 0.3) is 0 Å². The molecular formula is C13H10ClN. The molecule has 0 aromatic heterocycles. The molecule has 0 aliphatic heterocycles. The van der Waals surface area contributed by atoms with Gasteiger partial charge in [-0.05, 0) is 30.5 Å². The first-order chi connectivity index (χ1) is 7.30. The molecule has 1 aliphatic rings. The van der Waals surface area contributed by atoms with Crippen LogP contribution in [0.2, 0.25) is 0 Å². The van der Waals surface area contributed by atoms with Crippen molar-refractivity contribution in [1.82, 2.24) is 0 Å². The lowest BCUT2D eigenvalue weighted by Crippen LogP contribution is -2.01. The monoisotopic (exact) mass is 215 g/mol. The molecule has 0 heterocycles. The number of halogens is 1.